The van der Waals surface area contributed by atoms with Crippen LogP contribution in [0.1, 0.15) is 42.1 Å². The lowest BCUT2D eigenvalue weighted by Crippen LogP contribution is -2.18. The van der Waals surface area contributed by atoms with Crippen LogP contribution in [0.2, 0.25) is 0 Å². The van der Waals surface area contributed by atoms with Crippen LogP contribution in [0.3, 0.4) is 0 Å². The van der Waals surface area contributed by atoms with E-state index in [-0.39, 0.29) is 30.2 Å². The van der Waals surface area contributed by atoms with Gasteiger partial charge < -0.3 is 19.5 Å². The number of hydrogen-bond donors (Lipinski definition) is 3. The third-order valence-corrected chi connectivity index (χ3v) is 5.61. The Balaban J connectivity index is 1.94. The van der Waals surface area contributed by atoms with Gasteiger partial charge in [-0.25, -0.2) is 8.96 Å². The highest BCUT2D eigenvalue weighted by molar-refractivity contribution is 7.46. The van der Waals surface area contributed by atoms with Crippen molar-refractivity contribution in [1.82, 2.24) is 5.32 Å². The summed E-state index contributed by atoms with van der Waals surface area (Å²) in [5.41, 5.74) is 2.45. The van der Waals surface area contributed by atoms with Gasteiger partial charge in [0, 0.05) is 18.0 Å². The maximum Gasteiger partial charge on any atom is 0.469 e. The van der Waals surface area contributed by atoms with E-state index >= 15 is 0 Å². The van der Waals surface area contributed by atoms with E-state index in [9.17, 15) is 13.8 Å². The van der Waals surface area contributed by atoms with Gasteiger partial charge in [-0.2, -0.15) is 0 Å². The minimum atomic E-state index is -4.50. The summed E-state index contributed by atoms with van der Waals surface area (Å²) in [6.07, 6.45) is 0.628. The number of halogens is 1. The fourth-order valence-corrected chi connectivity index (χ4v) is 4.06. The molecule has 3 N–H and O–H groups in total. The minimum Gasteiger partial charge on any atom is -0.455 e. The molecule has 0 spiro atoms. The van der Waals surface area contributed by atoms with Crippen molar-refractivity contribution in [3.63, 3.8) is 0 Å². The molecular formula is C22H25FNO6P. The Morgan fingerprint density at radius 3 is 2.48 bits per heavy atom. The van der Waals surface area contributed by atoms with Crippen molar-refractivity contribution in [3.05, 3.63) is 59.4 Å². The SMILES string of the molecule is CNC(=O)c1c(-c2ccc(F)cc2)oc2ccc([C@H](C)C[C@@H](C)COP(=O)(O)O)cc12. The Bertz CT molecular complexity index is 1120. The lowest BCUT2D eigenvalue weighted by atomic mass is 9.90. The van der Waals surface area contributed by atoms with E-state index in [0.29, 0.717) is 34.3 Å². The number of phosphoric acid groups is 1. The molecule has 0 aliphatic rings. The van der Waals surface area contributed by atoms with Crippen LogP contribution in [0.4, 0.5) is 4.39 Å². The summed E-state index contributed by atoms with van der Waals surface area (Å²) in [5, 5.41) is 3.27. The van der Waals surface area contributed by atoms with Crippen molar-refractivity contribution >= 4 is 24.7 Å². The second-order valence-electron chi connectivity index (χ2n) is 7.68. The quantitative estimate of drug-likeness (QED) is 0.425. The Morgan fingerprint density at radius 1 is 1.19 bits per heavy atom. The zero-order valence-electron chi connectivity index (χ0n) is 17.5. The number of phosphoric ester groups is 1. The molecule has 1 heterocycles. The van der Waals surface area contributed by atoms with Crippen LogP contribution >= 0.6 is 7.82 Å². The van der Waals surface area contributed by atoms with Gasteiger partial charge in [0.05, 0.1) is 12.2 Å². The first-order valence-electron chi connectivity index (χ1n) is 9.83. The normalized spacial score (nSPS) is 13.9. The predicted molar refractivity (Wildman–Crippen MR) is 115 cm³/mol. The molecule has 2 atom stereocenters. The van der Waals surface area contributed by atoms with Crippen LogP contribution in [0.5, 0.6) is 0 Å². The summed E-state index contributed by atoms with van der Waals surface area (Å²) in [6.45, 7) is 3.79. The molecule has 0 aliphatic carbocycles. The molecule has 0 radical (unpaired) electrons. The molecule has 0 fully saturated rings. The van der Waals surface area contributed by atoms with Crippen molar-refractivity contribution in [2.75, 3.05) is 13.7 Å². The molecule has 3 rings (SSSR count). The zero-order chi connectivity index (χ0) is 22.8. The first-order valence-corrected chi connectivity index (χ1v) is 11.4. The van der Waals surface area contributed by atoms with Crippen LogP contribution < -0.4 is 5.32 Å². The first kappa shape index (κ1) is 23.2. The first-order chi connectivity index (χ1) is 14.6. The summed E-state index contributed by atoms with van der Waals surface area (Å²) in [6, 6.07) is 11.3. The van der Waals surface area contributed by atoms with Crippen LogP contribution in [-0.4, -0.2) is 29.3 Å². The van der Waals surface area contributed by atoms with Gasteiger partial charge in [-0.05, 0) is 60.2 Å². The van der Waals surface area contributed by atoms with Crippen molar-refractivity contribution in [3.8, 4) is 11.3 Å². The van der Waals surface area contributed by atoms with Crippen molar-refractivity contribution < 1.29 is 32.5 Å². The monoisotopic (exact) mass is 449 g/mol. The Labute approximate surface area is 179 Å². The van der Waals surface area contributed by atoms with E-state index < -0.39 is 7.82 Å². The van der Waals surface area contributed by atoms with E-state index in [4.69, 9.17) is 14.2 Å². The van der Waals surface area contributed by atoms with Gasteiger partial charge in [0.1, 0.15) is 17.2 Å². The maximum atomic E-state index is 13.3. The van der Waals surface area contributed by atoms with E-state index in [1.54, 1.807) is 18.2 Å². The fraction of sp³-hybridized carbons (Fsp3) is 0.318. The lowest BCUT2D eigenvalue weighted by molar-refractivity contribution is 0.0964. The van der Waals surface area contributed by atoms with Crippen molar-refractivity contribution in [2.45, 2.75) is 26.2 Å². The third kappa shape index (κ3) is 5.60. The highest BCUT2D eigenvalue weighted by Gasteiger charge is 2.23. The number of hydrogen-bond acceptors (Lipinski definition) is 4. The molecular weight excluding hydrogens is 424 g/mol. The smallest absolute Gasteiger partial charge is 0.455 e. The van der Waals surface area contributed by atoms with Crippen LogP contribution in [0.25, 0.3) is 22.3 Å². The molecule has 7 nitrogen and oxygen atoms in total. The largest absolute Gasteiger partial charge is 0.469 e. The second-order valence-corrected chi connectivity index (χ2v) is 8.92. The topological polar surface area (TPSA) is 109 Å². The minimum absolute atomic E-state index is 0.0430. The van der Waals surface area contributed by atoms with E-state index in [1.165, 1.54) is 19.2 Å². The van der Waals surface area contributed by atoms with E-state index in [0.717, 1.165) is 5.56 Å². The van der Waals surface area contributed by atoms with Gasteiger partial charge in [-0.1, -0.05) is 19.9 Å². The van der Waals surface area contributed by atoms with E-state index in [2.05, 4.69) is 9.84 Å². The number of furan rings is 1. The molecule has 0 unspecified atom stereocenters. The Hall–Kier alpha value is -2.51. The molecule has 31 heavy (non-hydrogen) atoms. The van der Waals surface area contributed by atoms with Gasteiger partial charge in [0.15, 0.2) is 0 Å². The average Bonchev–Trinajstić information content (AvgIpc) is 3.10. The summed E-state index contributed by atoms with van der Waals surface area (Å²) in [7, 11) is -2.97. The standard InChI is InChI=1S/C22H25FNO6P/c1-13(12-29-31(26,27)28)10-14(2)16-6-9-19-18(11-16)20(22(25)24-3)21(30-19)15-4-7-17(23)8-5-15/h4-9,11,13-14H,10,12H2,1-3H3,(H,24,25)(H2,26,27,28)/t13-,14-/m1/s1. The van der Waals surface area contributed by atoms with Crippen LogP contribution in [0, 0.1) is 11.7 Å². The van der Waals surface area contributed by atoms with Crippen molar-refractivity contribution in [2.24, 2.45) is 5.92 Å². The molecule has 0 aliphatic heterocycles. The predicted octanol–water partition coefficient (Wildman–Crippen LogP) is 4.84. The molecule has 166 valence electrons. The van der Waals surface area contributed by atoms with Gasteiger partial charge in [0.25, 0.3) is 5.91 Å². The molecule has 3 aromatic rings. The summed E-state index contributed by atoms with van der Waals surface area (Å²) < 4.78 is 34.8. The Morgan fingerprint density at radius 2 is 1.87 bits per heavy atom. The number of amides is 1. The number of benzene rings is 2. The third-order valence-electron chi connectivity index (χ3n) is 5.12. The van der Waals surface area contributed by atoms with Crippen LogP contribution in [-0.2, 0) is 9.09 Å². The molecule has 0 bridgehead atoms. The maximum absolute atomic E-state index is 13.3. The molecule has 2 aromatic carbocycles. The van der Waals surface area contributed by atoms with Gasteiger partial charge >= 0.3 is 7.82 Å². The van der Waals surface area contributed by atoms with Gasteiger partial charge in [-0.15, -0.1) is 0 Å². The lowest BCUT2D eigenvalue weighted by Gasteiger charge is -2.18. The number of fused-ring (bicyclic) bond motifs is 1. The van der Waals surface area contributed by atoms with E-state index in [1.807, 2.05) is 26.0 Å². The van der Waals surface area contributed by atoms with Gasteiger partial charge in [-0.3, -0.25) is 9.32 Å². The highest BCUT2D eigenvalue weighted by atomic mass is 31.2. The number of nitrogens with one attached hydrogen (secondary N) is 1. The summed E-state index contributed by atoms with van der Waals surface area (Å²) in [5.74, 6) is -0.375. The van der Waals surface area contributed by atoms with Gasteiger partial charge in [0.2, 0.25) is 0 Å². The zero-order valence-corrected chi connectivity index (χ0v) is 18.4. The molecule has 0 saturated heterocycles. The molecule has 1 amide bonds. The fourth-order valence-electron chi connectivity index (χ4n) is 3.61. The average molecular weight is 449 g/mol. The van der Waals surface area contributed by atoms with Crippen molar-refractivity contribution in [1.29, 1.82) is 0 Å². The second kappa shape index (κ2) is 9.32. The molecule has 1 aromatic heterocycles. The summed E-state index contributed by atoms with van der Waals surface area (Å²) >= 11 is 0. The summed E-state index contributed by atoms with van der Waals surface area (Å²) in [4.78, 5) is 30.4. The number of carbonyl (C=O) groups excluding carboxylic acids is 1. The molecule has 0 saturated carbocycles. The molecule has 9 heteroatoms. The number of rotatable bonds is 8. The Kier molecular flexibility index (Phi) is 6.96. The van der Waals surface area contributed by atoms with Crippen LogP contribution in [0.15, 0.2) is 46.9 Å². The highest BCUT2D eigenvalue weighted by Crippen LogP contribution is 2.38. The number of carbonyl (C=O) groups is 1.